The van der Waals surface area contributed by atoms with E-state index in [9.17, 15) is 9.59 Å². The molecule has 0 radical (unpaired) electrons. The van der Waals surface area contributed by atoms with E-state index in [1.54, 1.807) is 25.3 Å². The minimum Gasteiger partial charge on any atom is -0.483 e. The summed E-state index contributed by atoms with van der Waals surface area (Å²) >= 11 is 3.31. The molecule has 20 heavy (non-hydrogen) atoms. The van der Waals surface area contributed by atoms with Gasteiger partial charge in [0, 0.05) is 24.7 Å². The fourth-order valence-corrected chi connectivity index (χ4v) is 1.89. The lowest BCUT2D eigenvalue weighted by molar-refractivity contribution is -0.123. The van der Waals surface area contributed by atoms with E-state index in [-0.39, 0.29) is 18.3 Å². The van der Waals surface area contributed by atoms with Gasteiger partial charge in [-0.05, 0) is 31.5 Å². The summed E-state index contributed by atoms with van der Waals surface area (Å²) in [5, 5.41) is 2.71. The Morgan fingerprint density at radius 3 is 2.75 bits per heavy atom. The van der Waals surface area contributed by atoms with Gasteiger partial charge in [0.15, 0.2) is 12.4 Å². The number of amides is 1. The highest BCUT2D eigenvalue weighted by molar-refractivity contribution is 9.10. The van der Waals surface area contributed by atoms with Gasteiger partial charge < -0.3 is 14.8 Å². The van der Waals surface area contributed by atoms with Crippen LogP contribution in [-0.4, -0.2) is 38.6 Å². The fourth-order valence-electron chi connectivity index (χ4n) is 1.55. The molecule has 0 atom stereocenters. The Bertz CT molecular complexity index is 476. The first-order valence-electron chi connectivity index (χ1n) is 6.23. The molecule has 1 rings (SSSR count). The van der Waals surface area contributed by atoms with Crippen LogP contribution in [0.15, 0.2) is 22.7 Å². The van der Waals surface area contributed by atoms with Crippen molar-refractivity contribution in [3.8, 4) is 5.75 Å². The van der Waals surface area contributed by atoms with Gasteiger partial charge in [-0.2, -0.15) is 0 Å². The molecule has 0 aliphatic carbocycles. The molecule has 0 aliphatic heterocycles. The van der Waals surface area contributed by atoms with E-state index in [0.717, 1.165) is 10.9 Å². The molecule has 6 heteroatoms. The zero-order valence-electron chi connectivity index (χ0n) is 11.6. The molecule has 1 aromatic rings. The number of Topliss-reactive ketones (excluding diaryl/α,β-unsaturated/α-hetero) is 1. The van der Waals surface area contributed by atoms with Crippen LogP contribution < -0.4 is 10.1 Å². The predicted octanol–water partition coefficient (Wildman–Crippen LogP) is 2.18. The van der Waals surface area contributed by atoms with Gasteiger partial charge in [0.2, 0.25) is 0 Å². The number of carbonyl (C=O) groups is 2. The van der Waals surface area contributed by atoms with Crippen LogP contribution in [0.5, 0.6) is 5.75 Å². The molecule has 0 aliphatic rings. The van der Waals surface area contributed by atoms with Gasteiger partial charge in [-0.15, -0.1) is 0 Å². The largest absolute Gasteiger partial charge is 0.483 e. The minimum atomic E-state index is -0.226. The van der Waals surface area contributed by atoms with Gasteiger partial charge in [-0.1, -0.05) is 15.9 Å². The maximum atomic E-state index is 11.6. The van der Waals surface area contributed by atoms with Crippen LogP contribution in [0, 0.1) is 0 Å². The van der Waals surface area contributed by atoms with Gasteiger partial charge in [-0.3, -0.25) is 9.59 Å². The standard InChI is InChI=1S/C14H18BrNO4/c1-10(17)12-5-4-11(15)8-13(12)20-9-14(18)16-6-3-7-19-2/h4-5,8H,3,6-7,9H2,1-2H3,(H,16,18). The molecule has 0 spiro atoms. The van der Waals surface area contributed by atoms with Gasteiger partial charge in [0.05, 0.1) is 5.56 Å². The van der Waals surface area contributed by atoms with E-state index in [1.165, 1.54) is 6.92 Å². The van der Waals surface area contributed by atoms with Gasteiger partial charge in [-0.25, -0.2) is 0 Å². The first kappa shape index (κ1) is 16.7. The Morgan fingerprint density at radius 1 is 1.35 bits per heavy atom. The predicted molar refractivity (Wildman–Crippen MR) is 79.1 cm³/mol. The van der Waals surface area contributed by atoms with E-state index in [0.29, 0.717) is 24.5 Å². The van der Waals surface area contributed by atoms with Crippen molar-refractivity contribution >= 4 is 27.6 Å². The van der Waals surface area contributed by atoms with Crippen LogP contribution in [0.1, 0.15) is 23.7 Å². The summed E-state index contributed by atoms with van der Waals surface area (Å²) in [6.07, 6.45) is 0.748. The number of halogens is 1. The summed E-state index contributed by atoms with van der Waals surface area (Å²) in [5.41, 5.74) is 0.459. The van der Waals surface area contributed by atoms with Crippen LogP contribution in [0.25, 0.3) is 0 Å². The summed E-state index contributed by atoms with van der Waals surface area (Å²) in [4.78, 5) is 23.0. The second-order valence-corrected chi connectivity index (χ2v) is 5.10. The molecule has 1 amide bonds. The lowest BCUT2D eigenvalue weighted by Crippen LogP contribution is -2.30. The van der Waals surface area contributed by atoms with Crippen LogP contribution in [0.3, 0.4) is 0 Å². The number of hydrogen-bond donors (Lipinski definition) is 1. The quantitative estimate of drug-likeness (QED) is 0.580. The van der Waals surface area contributed by atoms with Crippen molar-refractivity contribution < 1.29 is 19.1 Å². The normalized spacial score (nSPS) is 10.2. The third-order valence-electron chi connectivity index (χ3n) is 2.53. The van der Waals surface area contributed by atoms with Gasteiger partial charge >= 0.3 is 0 Å². The molecule has 1 N–H and O–H groups in total. The van der Waals surface area contributed by atoms with Crippen molar-refractivity contribution in [3.05, 3.63) is 28.2 Å². The highest BCUT2D eigenvalue weighted by atomic mass is 79.9. The monoisotopic (exact) mass is 343 g/mol. The van der Waals surface area contributed by atoms with Crippen LogP contribution in [-0.2, 0) is 9.53 Å². The number of hydrogen-bond acceptors (Lipinski definition) is 4. The molecule has 5 nitrogen and oxygen atoms in total. The minimum absolute atomic E-state index is 0.104. The Labute approximate surface area is 126 Å². The SMILES string of the molecule is COCCCNC(=O)COc1cc(Br)ccc1C(C)=O. The van der Waals surface area contributed by atoms with Crippen molar-refractivity contribution in [2.24, 2.45) is 0 Å². The second kappa shape index (κ2) is 8.71. The molecule has 1 aromatic carbocycles. The molecule has 0 bridgehead atoms. The highest BCUT2D eigenvalue weighted by Gasteiger charge is 2.10. The summed E-state index contributed by atoms with van der Waals surface area (Å²) in [6, 6.07) is 5.10. The molecule has 0 unspecified atom stereocenters. The number of nitrogens with one attached hydrogen (secondary N) is 1. The molecule has 0 saturated carbocycles. The third-order valence-corrected chi connectivity index (χ3v) is 3.02. The van der Waals surface area contributed by atoms with Gasteiger partial charge in [0.1, 0.15) is 5.75 Å². The van der Waals surface area contributed by atoms with E-state index in [4.69, 9.17) is 9.47 Å². The topological polar surface area (TPSA) is 64.6 Å². The second-order valence-electron chi connectivity index (χ2n) is 4.18. The van der Waals surface area contributed by atoms with Crippen molar-refractivity contribution in [1.82, 2.24) is 5.32 Å². The van der Waals surface area contributed by atoms with E-state index < -0.39 is 0 Å². The molecule has 0 aromatic heterocycles. The number of methoxy groups -OCH3 is 1. The summed E-state index contributed by atoms with van der Waals surface area (Å²) in [7, 11) is 1.61. The summed E-state index contributed by atoms with van der Waals surface area (Å²) in [6.45, 7) is 2.47. The van der Waals surface area contributed by atoms with Crippen molar-refractivity contribution in [2.45, 2.75) is 13.3 Å². The van der Waals surface area contributed by atoms with Gasteiger partial charge in [0.25, 0.3) is 5.91 Å². The van der Waals surface area contributed by atoms with Crippen LogP contribution in [0.2, 0.25) is 0 Å². The number of ether oxygens (including phenoxy) is 2. The number of ketones is 1. The average molecular weight is 344 g/mol. The Balaban J connectivity index is 2.50. The molecule has 0 fully saturated rings. The van der Waals surface area contributed by atoms with Crippen LogP contribution >= 0.6 is 15.9 Å². The Hall–Kier alpha value is -1.40. The summed E-state index contributed by atoms with van der Waals surface area (Å²) in [5.74, 6) is 0.0718. The fraction of sp³-hybridized carbons (Fsp3) is 0.429. The number of rotatable bonds is 8. The van der Waals surface area contributed by atoms with Crippen molar-refractivity contribution in [3.63, 3.8) is 0 Å². The molecule has 0 heterocycles. The van der Waals surface area contributed by atoms with E-state index in [2.05, 4.69) is 21.2 Å². The summed E-state index contributed by atoms with van der Waals surface area (Å²) < 4.78 is 11.1. The van der Waals surface area contributed by atoms with E-state index >= 15 is 0 Å². The maximum Gasteiger partial charge on any atom is 0.257 e. The number of benzene rings is 1. The molecular formula is C14H18BrNO4. The lowest BCUT2D eigenvalue weighted by atomic mass is 10.1. The zero-order chi connectivity index (χ0) is 15.0. The number of carbonyl (C=O) groups excluding carboxylic acids is 2. The molecule has 0 saturated heterocycles. The Kier molecular flexibility index (Phi) is 7.25. The first-order chi connectivity index (χ1) is 9.54. The van der Waals surface area contributed by atoms with Crippen molar-refractivity contribution in [1.29, 1.82) is 0 Å². The van der Waals surface area contributed by atoms with E-state index in [1.807, 2.05) is 0 Å². The first-order valence-corrected chi connectivity index (χ1v) is 7.03. The lowest BCUT2D eigenvalue weighted by Gasteiger charge is -2.10. The average Bonchev–Trinajstić information content (AvgIpc) is 2.41. The smallest absolute Gasteiger partial charge is 0.257 e. The van der Waals surface area contributed by atoms with Crippen LogP contribution in [0.4, 0.5) is 0 Å². The maximum absolute atomic E-state index is 11.6. The molecule has 110 valence electrons. The third kappa shape index (κ3) is 5.71. The highest BCUT2D eigenvalue weighted by Crippen LogP contribution is 2.24. The zero-order valence-corrected chi connectivity index (χ0v) is 13.2. The van der Waals surface area contributed by atoms with Crippen molar-refractivity contribution in [2.75, 3.05) is 26.9 Å². The molecular weight excluding hydrogens is 326 g/mol. The Morgan fingerprint density at radius 2 is 2.10 bits per heavy atom.